The molecule has 84 valence electrons. The number of hydrogen-bond acceptors (Lipinski definition) is 4. The zero-order valence-corrected chi connectivity index (χ0v) is 8.90. The summed E-state index contributed by atoms with van der Waals surface area (Å²) in [5.74, 6) is -0.931. The van der Waals surface area contributed by atoms with Gasteiger partial charge in [0.25, 0.3) is 0 Å². The molecule has 1 saturated heterocycles. The van der Waals surface area contributed by atoms with Crippen LogP contribution in [0.1, 0.15) is 19.8 Å². The van der Waals surface area contributed by atoms with Gasteiger partial charge in [-0.15, -0.1) is 0 Å². The van der Waals surface area contributed by atoms with Gasteiger partial charge in [-0.3, -0.25) is 4.90 Å². The molecule has 0 unspecified atom stereocenters. The van der Waals surface area contributed by atoms with Gasteiger partial charge in [0, 0.05) is 19.5 Å². The van der Waals surface area contributed by atoms with Crippen LogP contribution in [0.3, 0.4) is 0 Å². The SMILES string of the molecule is CC1(OCC(=O)O)CN(CCCC#N)C1. The maximum atomic E-state index is 10.3. The molecule has 5 heteroatoms. The molecule has 0 radical (unpaired) electrons. The first-order valence-corrected chi connectivity index (χ1v) is 5.01. The van der Waals surface area contributed by atoms with E-state index in [1.54, 1.807) is 0 Å². The second kappa shape index (κ2) is 5.10. The number of ether oxygens (including phenoxy) is 1. The average molecular weight is 212 g/mol. The Labute approximate surface area is 89.2 Å². The topological polar surface area (TPSA) is 73.6 Å². The third-order valence-corrected chi connectivity index (χ3v) is 2.42. The van der Waals surface area contributed by atoms with E-state index in [1.165, 1.54) is 0 Å². The highest BCUT2D eigenvalue weighted by Crippen LogP contribution is 2.24. The number of aliphatic carboxylic acids is 1. The van der Waals surface area contributed by atoms with E-state index in [0.717, 1.165) is 26.1 Å². The summed E-state index contributed by atoms with van der Waals surface area (Å²) >= 11 is 0. The third kappa shape index (κ3) is 3.86. The predicted octanol–water partition coefficient (Wildman–Crippen LogP) is 0.466. The normalized spacial score (nSPS) is 19.2. The molecule has 0 aromatic heterocycles. The van der Waals surface area contributed by atoms with Crippen LogP contribution in [0.25, 0.3) is 0 Å². The minimum atomic E-state index is -0.931. The van der Waals surface area contributed by atoms with Crippen LogP contribution in [0.2, 0.25) is 0 Å². The molecule has 1 fully saturated rings. The lowest BCUT2D eigenvalue weighted by atomic mass is 9.96. The minimum absolute atomic E-state index is 0.234. The van der Waals surface area contributed by atoms with Gasteiger partial charge in [0.15, 0.2) is 0 Å². The Morgan fingerprint density at radius 3 is 2.87 bits per heavy atom. The van der Waals surface area contributed by atoms with E-state index in [1.807, 2.05) is 6.92 Å². The minimum Gasteiger partial charge on any atom is -0.480 e. The number of nitriles is 1. The van der Waals surface area contributed by atoms with Crippen LogP contribution in [0.5, 0.6) is 0 Å². The van der Waals surface area contributed by atoms with Gasteiger partial charge in [-0.25, -0.2) is 4.79 Å². The van der Waals surface area contributed by atoms with Crippen molar-refractivity contribution in [2.45, 2.75) is 25.4 Å². The molecular weight excluding hydrogens is 196 g/mol. The number of unbranched alkanes of at least 4 members (excludes halogenated alkanes) is 1. The number of carbonyl (C=O) groups is 1. The van der Waals surface area contributed by atoms with Gasteiger partial charge in [0.2, 0.25) is 0 Å². The van der Waals surface area contributed by atoms with Crippen molar-refractivity contribution >= 4 is 5.97 Å². The second-order valence-corrected chi connectivity index (χ2v) is 4.10. The molecule has 0 atom stereocenters. The summed E-state index contributed by atoms with van der Waals surface area (Å²) in [6.45, 7) is 4.08. The summed E-state index contributed by atoms with van der Waals surface area (Å²) in [5, 5.41) is 16.8. The lowest BCUT2D eigenvalue weighted by Gasteiger charge is -2.47. The standard InChI is InChI=1S/C10H16N2O3/c1-10(15-6-9(13)14)7-12(8-10)5-3-2-4-11/h2-3,5-8H2,1H3,(H,13,14). The number of likely N-dealkylation sites (tertiary alicyclic amines) is 1. The maximum absolute atomic E-state index is 10.3. The molecule has 1 aliphatic heterocycles. The summed E-state index contributed by atoms with van der Waals surface area (Å²) in [5.41, 5.74) is -0.314. The summed E-state index contributed by atoms with van der Waals surface area (Å²) in [7, 11) is 0. The zero-order valence-electron chi connectivity index (χ0n) is 8.90. The summed E-state index contributed by atoms with van der Waals surface area (Å²) < 4.78 is 5.26. The first-order chi connectivity index (χ1) is 7.06. The van der Waals surface area contributed by atoms with Crippen LogP contribution in [0, 0.1) is 11.3 Å². The molecule has 0 aromatic rings. The Bertz CT molecular complexity index is 266. The van der Waals surface area contributed by atoms with Crippen molar-refractivity contribution in [1.29, 1.82) is 5.26 Å². The van der Waals surface area contributed by atoms with Crippen LogP contribution in [-0.4, -0.2) is 47.8 Å². The van der Waals surface area contributed by atoms with Crippen molar-refractivity contribution in [2.24, 2.45) is 0 Å². The van der Waals surface area contributed by atoms with Crippen molar-refractivity contribution in [2.75, 3.05) is 26.2 Å². The molecular formula is C10H16N2O3. The highest BCUT2D eigenvalue weighted by molar-refractivity contribution is 5.68. The van der Waals surface area contributed by atoms with Gasteiger partial charge in [0.1, 0.15) is 6.61 Å². The highest BCUT2D eigenvalue weighted by atomic mass is 16.5. The van der Waals surface area contributed by atoms with Crippen LogP contribution >= 0.6 is 0 Å². The van der Waals surface area contributed by atoms with E-state index in [9.17, 15) is 4.79 Å². The van der Waals surface area contributed by atoms with E-state index in [-0.39, 0.29) is 12.2 Å². The van der Waals surface area contributed by atoms with Gasteiger partial charge in [-0.2, -0.15) is 5.26 Å². The van der Waals surface area contributed by atoms with Crippen LogP contribution in [-0.2, 0) is 9.53 Å². The van der Waals surface area contributed by atoms with Crippen molar-refractivity contribution in [1.82, 2.24) is 4.90 Å². The molecule has 0 bridgehead atoms. The molecule has 1 rings (SSSR count). The highest BCUT2D eigenvalue weighted by Gasteiger charge is 2.39. The Morgan fingerprint density at radius 1 is 1.67 bits per heavy atom. The number of carboxylic acid groups (broad SMARTS) is 1. The summed E-state index contributed by atoms with van der Waals surface area (Å²) in [6, 6.07) is 2.10. The fourth-order valence-corrected chi connectivity index (χ4v) is 1.77. The van der Waals surface area contributed by atoms with Crippen LogP contribution in [0.4, 0.5) is 0 Å². The maximum Gasteiger partial charge on any atom is 0.329 e. The molecule has 5 nitrogen and oxygen atoms in total. The summed E-state index contributed by atoms with van der Waals surface area (Å²) in [6.07, 6.45) is 1.44. The van der Waals surface area contributed by atoms with Gasteiger partial charge in [0.05, 0.1) is 11.7 Å². The van der Waals surface area contributed by atoms with Crippen LogP contribution < -0.4 is 0 Å². The molecule has 1 N–H and O–H groups in total. The monoisotopic (exact) mass is 212 g/mol. The molecule has 15 heavy (non-hydrogen) atoms. The molecule has 0 saturated carbocycles. The van der Waals surface area contributed by atoms with Crippen molar-refractivity contribution in [3.8, 4) is 6.07 Å². The zero-order chi connectivity index (χ0) is 11.3. The predicted molar refractivity (Wildman–Crippen MR) is 53.3 cm³/mol. The van der Waals surface area contributed by atoms with Crippen LogP contribution in [0.15, 0.2) is 0 Å². The number of carboxylic acids is 1. The number of rotatable bonds is 6. The van der Waals surface area contributed by atoms with Gasteiger partial charge < -0.3 is 9.84 Å². The molecule has 0 spiro atoms. The first kappa shape index (κ1) is 12.0. The van der Waals surface area contributed by atoms with Gasteiger partial charge >= 0.3 is 5.97 Å². The average Bonchev–Trinajstić information content (AvgIpc) is 2.12. The molecule has 1 heterocycles. The number of hydrogen-bond donors (Lipinski definition) is 1. The second-order valence-electron chi connectivity index (χ2n) is 4.10. The molecule has 0 amide bonds. The lowest BCUT2D eigenvalue weighted by Crippen LogP contribution is -2.61. The Kier molecular flexibility index (Phi) is 4.06. The molecule has 0 aromatic carbocycles. The van der Waals surface area contributed by atoms with Crippen molar-refractivity contribution < 1.29 is 14.6 Å². The Hall–Kier alpha value is -1.12. The largest absolute Gasteiger partial charge is 0.480 e. The van der Waals surface area contributed by atoms with E-state index < -0.39 is 5.97 Å². The third-order valence-electron chi connectivity index (χ3n) is 2.42. The Balaban J connectivity index is 2.12. The molecule has 1 aliphatic rings. The van der Waals surface area contributed by atoms with E-state index in [4.69, 9.17) is 15.1 Å². The smallest absolute Gasteiger partial charge is 0.329 e. The van der Waals surface area contributed by atoms with Gasteiger partial charge in [-0.1, -0.05) is 0 Å². The van der Waals surface area contributed by atoms with Gasteiger partial charge in [-0.05, 0) is 19.9 Å². The quantitative estimate of drug-likeness (QED) is 0.648. The Morgan fingerprint density at radius 2 is 2.33 bits per heavy atom. The lowest BCUT2D eigenvalue weighted by molar-refractivity contribution is -0.164. The molecule has 0 aliphatic carbocycles. The van der Waals surface area contributed by atoms with Crippen molar-refractivity contribution in [3.63, 3.8) is 0 Å². The van der Waals surface area contributed by atoms with E-state index >= 15 is 0 Å². The summed E-state index contributed by atoms with van der Waals surface area (Å²) in [4.78, 5) is 12.5. The first-order valence-electron chi connectivity index (χ1n) is 5.01. The van der Waals surface area contributed by atoms with E-state index in [0.29, 0.717) is 6.42 Å². The number of nitrogens with zero attached hydrogens (tertiary/aromatic N) is 2. The fourth-order valence-electron chi connectivity index (χ4n) is 1.77. The fraction of sp³-hybridized carbons (Fsp3) is 0.800. The van der Waals surface area contributed by atoms with E-state index in [2.05, 4.69) is 11.0 Å². The van der Waals surface area contributed by atoms with Crippen molar-refractivity contribution in [3.05, 3.63) is 0 Å².